The predicted molar refractivity (Wildman–Crippen MR) is 81.6 cm³/mol. The Labute approximate surface area is 123 Å². The van der Waals surface area contributed by atoms with Crippen molar-refractivity contribution in [3.05, 3.63) is 0 Å². The fourth-order valence-corrected chi connectivity index (χ4v) is 6.79. The molecule has 5 aliphatic rings. The standard InChI is InChI=1S/C18H30N2/c1-2-6-12-10-16-14(9-11(12)5-1)18-17(20-16)13-7-3-4-8-15(13)19-18/h11-20H,1-10H2. The summed E-state index contributed by atoms with van der Waals surface area (Å²) in [5, 5.41) is 8.21. The Morgan fingerprint density at radius 3 is 2.10 bits per heavy atom. The predicted octanol–water partition coefficient (Wildman–Crippen LogP) is 3.07. The summed E-state index contributed by atoms with van der Waals surface area (Å²) in [6.07, 6.45) is 15.0. The van der Waals surface area contributed by atoms with Crippen LogP contribution in [0.5, 0.6) is 0 Å². The van der Waals surface area contributed by atoms with E-state index in [-0.39, 0.29) is 0 Å². The second-order valence-electron chi connectivity index (χ2n) is 8.49. The molecule has 0 amide bonds. The average molecular weight is 274 g/mol. The summed E-state index contributed by atoms with van der Waals surface area (Å²) >= 11 is 0. The van der Waals surface area contributed by atoms with Gasteiger partial charge in [0.15, 0.2) is 0 Å². The summed E-state index contributed by atoms with van der Waals surface area (Å²) < 4.78 is 0. The van der Waals surface area contributed by atoms with Crippen molar-refractivity contribution in [2.24, 2.45) is 23.7 Å². The zero-order valence-electron chi connectivity index (χ0n) is 12.7. The first-order valence-electron chi connectivity index (χ1n) is 9.42. The Balaban J connectivity index is 1.36. The van der Waals surface area contributed by atoms with Gasteiger partial charge in [-0.2, -0.15) is 0 Å². The van der Waals surface area contributed by atoms with Crippen molar-refractivity contribution in [3.63, 3.8) is 0 Å². The maximum Gasteiger partial charge on any atom is 0.0270 e. The molecule has 0 aromatic heterocycles. The largest absolute Gasteiger partial charge is 0.309 e. The summed E-state index contributed by atoms with van der Waals surface area (Å²) in [6, 6.07) is 3.38. The van der Waals surface area contributed by atoms with Gasteiger partial charge in [0.2, 0.25) is 0 Å². The van der Waals surface area contributed by atoms with Crippen LogP contribution in [0, 0.1) is 23.7 Å². The Bertz CT molecular complexity index is 378. The topological polar surface area (TPSA) is 24.1 Å². The van der Waals surface area contributed by atoms with Gasteiger partial charge in [0.25, 0.3) is 0 Å². The number of fused-ring (bicyclic) bond motifs is 6. The van der Waals surface area contributed by atoms with Gasteiger partial charge in [-0.3, -0.25) is 0 Å². The summed E-state index contributed by atoms with van der Waals surface area (Å²) in [6.45, 7) is 0. The third-order valence-corrected chi connectivity index (χ3v) is 7.66. The van der Waals surface area contributed by atoms with Gasteiger partial charge in [-0.1, -0.05) is 38.5 Å². The zero-order valence-corrected chi connectivity index (χ0v) is 12.7. The molecule has 0 spiro atoms. The molecular weight excluding hydrogens is 244 g/mol. The van der Waals surface area contributed by atoms with E-state index in [4.69, 9.17) is 0 Å². The van der Waals surface area contributed by atoms with Crippen LogP contribution in [0.1, 0.15) is 64.2 Å². The summed E-state index contributed by atoms with van der Waals surface area (Å²) in [5.41, 5.74) is 0. The highest BCUT2D eigenvalue weighted by Gasteiger charge is 2.55. The molecule has 2 heterocycles. The van der Waals surface area contributed by atoms with Crippen LogP contribution in [0.25, 0.3) is 0 Å². The van der Waals surface area contributed by atoms with Crippen LogP contribution in [0.3, 0.4) is 0 Å². The lowest BCUT2D eigenvalue weighted by Crippen LogP contribution is -2.46. The van der Waals surface area contributed by atoms with Crippen molar-refractivity contribution in [1.82, 2.24) is 10.6 Å². The third kappa shape index (κ3) is 1.76. The van der Waals surface area contributed by atoms with Crippen LogP contribution in [0.2, 0.25) is 0 Å². The fourth-order valence-electron chi connectivity index (χ4n) is 6.79. The first-order valence-corrected chi connectivity index (χ1v) is 9.42. The van der Waals surface area contributed by atoms with E-state index >= 15 is 0 Å². The van der Waals surface area contributed by atoms with E-state index in [1.165, 1.54) is 64.2 Å². The van der Waals surface area contributed by atoms with E-state index in [1.54, 1.807) is 0 Å². The van der Waals surface area contributed by atoms with Gasteiger partial charge in [-0.15, -0.1) is 0 Å². The summed E-state index contributed by atoms with van der Waals surface area (Å²) in [7, 11) is 0. The molecule has 0 aromatic rings. The van der Waals surface area contributed by atoms with Crippen LogP contribution >= 0.6 is 0 Å². The molecule has 112 valence electrons. The first-order chi connectivity index (χ1) is 9.90. The number of rotatable bonds is 0. The van der Waals surface area contributed by atoms with Crippen molar-refractivity contribution in [2.45, 2.75) is 88.4 Å². The minimum Gasteiger partial charge on any atom is -0.309 e. The molecule has 5 rings (SSSR count). The van der Waals surface area contributed by atoms with Gasteiger partial charge in [0.1, 0.15) is 0 Å². The monoisotopic (exact) mass is 274 g/mol. The van der Waals surface area contributed by atoms with Gasteiger partial charge < -0.3 is 10.6 Å². The van der Waals surface area contributed by atoms with E-state index in [1.807, 2.05) is 0 Å². The second kappa shape index (κ2) is 4.71. The van der Waals surface area contributed by atoms with Gasteiger partial charge in [0, 0.05) is 24.2 Å². The molecular formula is C18H30N2. The average Bonchev–Trinajstić information content (AvgIpc) is 3.01. The van der Waals surface area contributed by atoms with E-state index in [9.17, 15) is 0 Å². The molecule has 0 bridgehead atoms. The van der Waals surface area contributed by atoms with E-state index in [0.29, 0.717) is 0 Å². The zero-order chi connectivity index (χ0) is 13.1. The highest BCUT2D eigenvalue weighted by Crippen LogP contribution is 2.49. The number of nitrogens with one attached hydrogen (secondary N) is 2. The maximum absolute atomic E-state index is 4.12. The van der Waals surface area contributed by atoms with Crippen molar-refractivity contribution >= 4 is 0 Å². The molecule has 5 fully saturated rings. The van der Waals surface area contributed by atoms with Crippen LogP contribution < -0.4 is 10.6 Å². The van der Waals surface area contributed by atoms with Gasteiger partial charge in [-0.25, -0.2) is 0 Å². The van der Waals surface area contributed by atoms with Gasteiger partial charge >= 0.3 is 0 Å². The van der Waals surface area contributed by atoms with Crippen LogP contribution in [0.15, 0.2) is 0 Å². The van der Waals surface area contributed by atoms with E-state index < -0.39 is 0 Å². The van der Waals surface area contributed by atoms with Crippen molar-refractivity contribution in [1.29, 1.82) is 0 Å². The van der Waals surface area contributed by atoms with Gasteiger partial charge in [0.05, 0.1) is 0 Å². The number of hydrogen-bond acceptors (Lipinski definition) is 2. The summed E-state index contributed by atoms with van der Waals surface area (Å²) in [4.78, 5) is 0. The lowest BCUT2D eigenvalue weighted by atomic mass is 9.65. The Hall–Kier alpha value is -0.0800. The molecule has 8 unspecified atom stereocenters. The maximum atomic E-state index is 4.12. The molecule has 3 saturated carbocycles. The van der Waals surface area contributed by atoms with Crippen LogP contribution in [-0.2, 0) is 0 Å². The second-order valence-corrected chi connectivity index (χ2v) is 8.49. The molecule has 2 heteroatoms. The molecule has 2 aliphatic heterocycles. The Morgan fingerprint density at radius 2 is 1.20 bits per heavy atom. The van der Waals surface area contributed by atoms with Crippen molar-refractivity contribution < 1.29 is 0 Å². The fraction of sp³-hybridized carbons (Fsp3) is 1.00. The number of hydrogen-bond donors (Lipinski definition) is 2. The lowest BCUT2D eigenvalue weighted by Gasteiger charge is -2.43. The molecule has 0 radical (unpaired) electrons. The van der Waals surface area contributed by atoms with E-state index in [0.717, 1.165) is 47.8 Å². The minimum absolute atomic E-state index is 0.829. The quantitative estimate of drug-likeness (QED) is 0.709. The minimum atomic E-state index is 0.829. The lowest BCUT2D eigenvalue weighted by molar-refractivity contribution is 0.105. The van der Waals surface area contributed by atoms with Gasteiger partial charge in [-0.05, 0) is 49.4 Å². The van der Waals surface area contributed by atoms with Crippen LogP contribution in [-0.4, -0.2) is 24.2 Å². The molecule has 20 heavy (non-hydrogen) atoms. The highest BCUT2D eigenvalue weighted by atomic mass is 15.2. The summed E-state index contributed by atoms with van der Waals surface area (Å²) in [5.74, 6) is 4.07. The normalized spacial score (nSPS) is 57.6. The smallest absolute Gasteiger partial charge is 0.0270 e. The Morgan fingerprint density at radius 1 is 0.550 bits per heavy atom. The molecule has 8 atom stereocenters. The molecule has 2 N–H and O–H groups in total. The van der Waals surface area contributed by atoms with Crippen molar-refractivity contribution in [2.75, 3.05) is 0 Å². The van der Waals surface area contributed by atoms with Crippen LogP contribution in [0.4, 0.5) is 0 Å². The third-order valence-electron chi connectivity index (χ3n) is 7.66. The highest BCUT2D eigenvalue weighted by molar-refractivity contribution is 5.14. The molecule has 2 saturated heterocycles. The van der Waals surface area contributed by atoms with E-state index in [2.05, 4.69) is 10.6 Å². The molecule has 0 aromatic carbocycles. The SMILES string of the molecule is C1CCC2CC3C(CC2C1)NC1C2CCCCC2NC31. The molecule has 3 aliphatic carbocycles. The Kier molecular flexibility index (Phi) is 2.93. The van der Waals surface area contributed by atoms with Crippen molar-refractivity contribution in [3.8, 4) is 0 Å². The molecule has 2 nitrogen and oxygen atoms in total. The first kappa shape index (κ1) is 12.5.